The normalized spacial score (nSPS) is 13.4. The molecular formula is C22H27NO. The molecule has 0 aliphatic heterocycles. The molecule has 0 heterocycles. The summed E-state index contributed by atoms with van der Waals surface area (Å²) in [6, 6.07) is 20.6. The highest BCUT2D eigenvalue weighted by Gasteiger charge is 2.41. The molecule has 2 nitrogen and oxygen atoms in total. The minimum absolute atomic E-state index is 0.135. The molecule has 0 unspecified atom stereocenters. The van der Waals surface area contributed by atoms with Gasteiger partial charge in [-0.3, -0.25) is 4.79 Å². The second kappa shape index (κ2) is 8.07. The van der Waals surface area contributed by atoms with E-state index in [1.54, 1.807) is 6.08 Å². The Balaban J connectivity index is 2.70. The highest BCUT2D eigenvalue weighted by Crippen LogP contribution is 2.39. The first-order chi connectivity index (χ1) is 11.5. The van der Waals surface area contributed by atoms with Crippen LogP contribution in [-0.4, -0.2) is 30.8 Å². The van der Waals surface area contributed by atoms with Crippen LogP contribution in [0.3, 0.4) is 0 Å². The molecule has 2 aromatic rings. The predicted molar refractivity (Wildman–Crippen MR) is 101 cm³/mol. The van der Waals surface area contributed by atoms with E-state index in [1.165, 1.54) is 0 Å². The van der Waals surface area contributed by atoms with E-state index in [4.69, 9.17) is 0 Å². The van der Waals surface area contributed by atoms with Gasteiger partial charge in [-0.1, -0.05) is 66.7 Å². The number of carbonyl (C=O) groups excluding carboxylic acids is 1. The lowest BCUT2D eigenvalue weighted by Crippen LogP contribution is -2.42. The molecule has 0 saturated carbocycles. The van der Waals surface area contributed by atoms with Crippen LogP contribution in [0.15, 0.2) is 72.8 Å². The molecule has 0 saturated heterocycles. The Bertz CT molecular complexity index is 634. The number of benzene rings is 2. The zero-order valence-corrected chi connectivity index (χ0v) is 15.1. The van der Waals surface area contributed by atoms with Crippen LogP contribution in [0.25, 0.3) is 0 Å². The van der Waals surface area contributed by atoms with Crippen molar-refractivity contribution in [2.24, 2.45) is 0 Å². The van der Waals surface area contributed by atoms with Crippen molar-refractivity contribution in [1.29, 1.82) is 0 Å². The van der Waals surface area contributed by atoms with Gasteiger partial charge < -0.3 is 4.90 Å². The van der Waals surface area contributed by atoms with Gasteiger partial charge in [0.25, 0.3) is 0 Å². The van der Waals surface area contributed by atoms with Crippen LogP contribution < -0.4 is 0 Å². The summed E-state index contributed by atoms with van der Waals surface area (Å²) in [5.41, 5.74) is 1.43. The summed E-state index contributed by atoms with van der Waals surface area (Å²) in [6.45, 7) is 4.07. The fraction of sp³-hybridized carbons (Fsp3) is 0.318. The first kappa shape index (κ1) is 18.2. The second-order valence-corrected chi connectivity index (χ2v) is 6.52. The van der Waals surface area contributed by atoms with E-state index in [-0.39, 0.29) is 11.8 Å². The Hall–Kier alpha value is -2.19. The molecule has 0 aliphatic carbocycles. The molecule has 0 N–H and O–H groups in total. The van der Waals surface area contributed by atoms with Crippen molar-refractivity contribution in [2.75, 3.05) is 14.1 Å². The van der Waals surface area contributed by atoms with Crippen molar-refractivity contribution < 1.29 is 4.79 Å². The van der Waals surface area contributed by atoms with Gasteiger partial charge in [-0.15, -0.1) is 0 Å². The molecule has 24 heavy (non-hydrogen) atoms. The summed E-state index contributed by atoms with van der Waals surface area (Å²) in [5, 5.41) is 0. The summed E-state index contributed by atoms with van der Waals surface area (Å²) in [4.78, 5) is 15.5. The third-order valence-corrected chi connectivity index (χ3v) is 4.75. The number of nitrogens with zero attached hydrogens (tertiary/aromatic N) is 1. The Kier molecular flexibility index (Phi) is 6.10. The Labute approximate surface area is 145 Å². The second-order valence-electron chi connectivity index (χ2n) is 6.52. The summed E-state index contributed by atoms with van der Waals surface area (Å²) >= 11 is 0. The molecule has 1 atom stereocenters. The first-order valence-electron chi connectivity index (χ1n) is 8.47. The van der Waals surface area contributed by atoms with Gasteiger partial charge in [0.05, 0.1) is 5.41 Å². The molecule has 2 rings (SSSR count). The van der Waals surface area contributed by atoms with E-state index in [1.807, 2.05) is 49.4 Å². The number of allylic oxidation sites excluding steroid dienone is 2. The summed E-state index contributed by atoms with van der Waals surface area (Å²) in [5.74, 6) is 0.135. The number of ketones is 1. The molecule has 2 aromatic carbocycles. The van der Waals surface area contributed by atoms with E-state index >= 15 is 0 Å². The largest absolute Gasteiger partial charge is 0.307 e. The quantitative estimate of drug-likeness (QED) is 0.702. The molecule has 0 aromatic heterocycles. The number of hydrogen-bond donors (Lipinski definition) is 0. The monoisotopic (exact) mass is 321 g/mol. The molecule has 0 spiro atoms. The molecular weight excluding hydrogens is 294 g/mol. The average Bonchev–Trinajstić information content (AvgIpc) is 2.61. The van der Waals surface area contributed by atoms with Crippen LogP contribution in [0.1, 0.15) is 31.4 Å². The van der Waals surface area contributed by atoms with Gasteiger partial charge in [0.2, 0.25) is 0 Å². The molecule has 0 aliphatic rings. The van der Waals surface area contributed by atoms with Gasteiger partial charge >= 0.3 is 0 Å². The van der Waals surface area contributed by atoms with Crippen LogP contribution in [0, 0.1) is 0 Å². The third kappa shape index (κ3) is 3.65. The maximum Gasteiger partial charge on any atom is 0.170 e. The van der Waals surface area contributed by atoms with E-state index < -0.39 is 5.41 Å². The van der Waals surface area contributed by atoms with Crippen molar-refractivity contribution in [2.45, 2.75) is 31.7 Å². The highest BCUT2D eigenvalue weighted by molar-refractivity contribution is 6.02. The van der Waals surface area contributed by atoms with Crippen molar-refractivity contribution in [3.63, 3.8) is 0 Å². The maximum atomic E-state index is 13.3. The number of rotatable bonds is 7. The van der Waals surface area contributed by atoms with Crippen molar-refractivity contribution >= 4 is 5.78 Å². The predicted octanol–water partition coefficient (Wildman–Crippen LogP) is 4.46. The third-order valence-electron chi connectivity index (χ3n) is 4.75. The molecule has 126 valence electrons. The lowest BCUT2D eigenvalue weighted by atomic mass is 9.67. The van der Waals surface area contributed by atoms with E-state index in [2.05, 4.69) is 50.2 Å². The Morgan fingerprint density at radius 1 is 1.00 bits per heavy atom. The number of hydrogen-bond acceptors (Lipinski definition) is 2. The van der Waals surface area contributed by atoms with E-state index in [0.717, 1.165) is 17.5 Å². The zero-order chi connectivity index (χ0) is 17.6. The summed E-state index contributed by atoms with van der Waals surface area (Å²) < 4.78 is 0. The molecule has 0 radical (unpaired) electrons. The number of carbonyl (C=O) groups is 1. The van der Waals surface area contributed by atoms with Crippen LogP contribution in [0.4, 0.5) is 0 Å². The van der Waals surface area contributed by atoms with Gasteiger partial charge in [-0.2, -0.15) is 0 Å². The van der Waals surface area contributed by atoms with Crippen LogP contribution in [0.2, 0.25) is 0 Å². The standard InChI is InChI=1S/C22H27NO/c1-5-12-21(24)22(17-18(2)23(3)4,19-13-8-6-9-14-19)20-15-10-7-11-16-20/h5-16,18H,17H2,1-4H3/t18-/m0/s1. The van der Waals surface area contributed by atoms with Gasteiger partial charge in [0, 0.05) is 6.04 Å². The SMILES string of the molecule is CC=CC(=O)C(C[C@H](C)N(C)C)(c1ccccc1)c1ccccc1. The van der Waals surface area contributed by atoms with Gasteiger partial charge in [-0.25, -0.2) is 0 Å². The van der Waals surface area contributed by atoms with Crippen LogP contribution in [-0.2, 0) is 10.2 Å². The van der Waals surface area contributed by atoms with Crippen molar-refractivity contribution in [3.8, 4) is 0 Å². The fourth-order valence-electron chi connectivity index (χ4n) is 3.15. The highest BCUT2D eigenvalue weighted by atomic mass is 16.1. The first-order valence-corrected chi connectivity index (χ1v) is 8.47. The lowest BCUT2D eigenvalue weighted by Gasteiger charge is -2.37. The smallest absolute Gasteiger partial charge is 0.170 e. The molecule has 0 amide bonds. The van der Waals surface area contributed by atoms with Crippen molar-refractivity contribution in [1.82, 2.24) is 4.90 Å². The Morgan fingerprint density at radius 2 is 1.46 bits per heavy atom. The van der Waals surface area contributed by atoms with Crippen LogP contribution in [0.5, 0.6) is 0 Å². The molecule has 0 fully saturated rings. The van der Waals surface area contributed by atoms with Crippen molar-refractivity contribution in [3.05, 3.63) is 83.9 Å². The zero-order valence-electron chi connectivity index (χ0n) is 15.1. The average molecular weight is 321 g/mol. The summed E-state index contributed by atoms with van der Waals surface area (Å²) in [7, 11) is 4.12. The van der Waals surface area contributed by atoms with Gasteiger partial charge in [0.15, 0.2) is 5.78 Å². The molecule has 2 heteroatoms. The van der Waals surface area contributed by atoms with Gasteiger partial charge in [-0.05, 0) is 51.6 Å². The Morgan fingerprint density at radius 3 is 1.83 bits per heavy atom. The van der Waals surface area contributed by atoms with E-state index in [9.17, 15) is 4.79 Å². The lowest BCUT2D eigenvalue weighted by molar-refractivity contribution is -0.119. The minimum atomic E-state index is -0.668. The van der Waals surface area contributed by atoms with Crippen LogP contribution >= 0.6 is 0 Å². The van der Waals surface area contributed by atoms with Gasteiger partial charge in [0.1, 0.15) is 0 Å². The van der Waals surface area contributed by atoms with E-state index in [0.29, 0.717) is 0 Å². The molecule has 0 bridgehead atoms. The maximum absolute atomic E-state index is 13.3. The summed E-state index contributed by atoms with van der Waals surface area (Å²) in [6.07, 6.45) is 4.28. The minimum Gasteiger partial charge on any atom is -0.307 e. The topological polar surface area (TPSA) is 20.3 Å². The fourth-order valence-corrected chi connectivity index (χ4v) is 3.15.